The molecule has 2 rings (SSSR count). The molecule has 0 amide bonds. The number of carbonyl (C=O) groups is 1. The van der Waals surface area contributed by atoms with E-state index in [2.05, 4.69) is 23.1 Å². The van der Waals surface area contributed by atoms with E-state index in [-0.39, 0.29) is 6.79 Å². The molecule has 0 spiro atoms. The summed E-state index contributed by atoms with van der Waals surface area (Å²) >= 11 is 3.19. The smallest absolute Gasteiger partial charge is 0.340 e. The Morgan fingerprint density at radius 1 is 1.00 bits per heavy atom. The van der Waals surface area contributed by atoms with Gasteiger partial charge in [-0.15, -0.1) is 23.5 Å². The number of carbonyl (C=O) groups excluding carboxylic acids is 1. The molecule has 0 bridgehead atoms. The zero-order valence-electron chi connectivity index (χ0n) is 13.6. The first-order valence-corrected chi connectivity index (χ1v) is 9.76. The Balaban J connectivity index is 1.44. The molecule has 0 aromatic heterocycles. The zero-order valence-corrected chi connectivity index (χ0v) is 15.3. The van der Waals surface area contributed by atoms with Gasteiger partial charge in [0.25, 0.3) is 0 Å². The molecule has 0 aromatic rings. The van der Waals surface area contributed by atoms with Crippen molar-refractivity contribution in [1.82, 2.24) is 0 Å². The summed E-state index contributed by atoms with van der Waals surface area (Å²) in [6, 6.07) is 0. The second kappa shape index (κ2) is 10.6. The highest BCUT2D eigenvalue weighted by molar-refractivity contribution is 8.15. The predicted molar refractivity (Wildman–Crippen MR) is 99.9 cm³/mol. The van der Waals surface area contributed by atoms with Gasteiger partial charge in [0, 0.05) is 24.6 Å². The van der Waals surface area contributed by atoms with Gasteiger partial charge in [-0.2, -0.15) is 0 Å². The fraction of sp³-hybridized carbons (Fsp3) is 0.562. The lowest BCUT2D eigenvalue weighted by Gasteiger charge is -2.09. The standard InChI is InChI=1S/C16H22N2O4S2/c1-12(14-17-5-9-23-14)16(19)21-8-4-3-7-20-11-22-13(2)15-18-6-10-24-15/h1-11H2. The van der Waals surface area contributed by atoms with Crippen LogP contribution in [0.2, 0.25) is 0 Å². The van der Waals surface area contributed by atoms with E-state index < -0.39 is 5.97 Å². The maximum Gasteiger partial charge on any atom is 0.340 e. The Morgan fingerprint density at radius 2 is 1.67 bits per heavy atom. The van der Waals surface area contributed by atoms with Crippen LogP contribution in [-0.4, -0.2) is 60.7 Å². The van der Waals surface area contributed by atoms with Crippen LogP contribution < -0.4 is 0 Å². The van der Waals surface area contributed by atoms with Crippen molar-refractivity contribution in [3.8, 4) is 0 Å². The Kier molecular flexibility index (Phi) is 8.41. The number of hydrogen-bond acceptors (Lipinski definition) is 8. The molecule has 8 heteroatoms. The van der Waals surface area contributed by atoms with Crippen LogP contribution in [0.1, 0.15) is 12.8 Å². The van der Waals surface area contributed by atoms with E-state index in [4.69, 9.17) is 14.2 Å². The van der Waals surface area contributed by atoms with E-state index in [0.717, 1.165) is 42.5 Å². The lowest BCUT2D eigenvalue weighted by atomic mass is 10.3. The van der Waals surface area contributed by atoms with Crippen molar-refractivity contribution in [2.75, 3.05) is 44.6 Å². The summed E-state index contributed by atoms with van der Waals surface area (Å²) in [4.78, 5) is 20.3. The number of hydrogen-bond donors (Lipinski definition) is 0. The average molecular weight is 370 g/mol. The molecule has 2 heterocycles. The van der Waals surface area contributed by atoms with Crippen LogP contribution in [0.3, 0.4) is 0 Å². The van der Waals surface area contributed by atoms with Crippen molar-refractivity contribution >= 4 is 39.6 Å². The van der Waals surface area contributed by atoms with Crippen LogP contribution in [0.4, 0.5) is 0 Å². The second-order valence-corrected chi connectivity index (χ2v) is 7.15. The molecule has 0 atom stereocenters. The minimum Gasteiger partial charge on any atom is -0.465 e. The van der Waals surface area contributed by atoms with Gasteiger partial charge < -0.3 is 14.2 Å². The highest BCUT2D eigenvalue weighted by Gasteiger charge is 2.18. The normalized spacial score (nSPS) is 16.5. The van der Waals surface area contributed by atoms with Crippen molar-refractivity contribution in [3.63, 3.8) is 0 Å². The third-order valence-electron chi connectivity index (χ3n) is 3.15. The van der Waals surface area contributed by atoms with Crippen molar-refractivity contribution in [1.29, 1.82) is 0 Å². The molecule has 24 heavy (non-hydrogen) atoms. The number of aliphatic imine (C=N–C) groups is 2. The van der Waals surface area contributed by atoms with Crippen molar-refractivity contribution in [2.24, 2.45) is 9.98 Å². The Labute approximate surface area is 150 Å². The number of nitrogens with zero attached hydrogens (tertiary/aromatic N) is 2. The van der Waals surface area contributed by atoms with Crippen LogP contribution in [0, 0.1) is 0 Å². The molecule has 0 fully saturated rings. The minimum atomic E-state index is -0.390. The summed E-state index contributed by atoms with van der Waals surface area (Å²) in [6.07, 6.45) is 1.50. The first-order valence-electron chi connectivity index (χ1n) is 7.79. The summed E-state index contributed by atoms with van der Waals surface area (Å²) in [6.45, 7) is 10.2. The quantitative estimate of drug-likeness (QED) is 0.183. The van der Waals surface area contributed by atoms with Crippen LogP contribution in [0.25, 0.3) is 0 Å². The van der Waals surface area contributed by atoms with Gasteiger partial charge in [-0.1, -0.05) is 13.2 Å². The number of thioether (sulfide) groups is 2. The monoisotopic (exact) mass is 370 g/mol. The highest BCUT2D eigenvalue weighted by Crippen LogP contribution is 2.19. The lowest BCUT2D eigenvalue weighted by molar-refractivity contribution is -0.138. The maximum atomic E-state index is 11.8. The topological polar surface area (TPSA) is 69.5 Å². The highest BCUT2D eigenvalue weighted by atomic mass is 32.2. The van der Waals surface area contributed by atoms with Crippen molar-refractivity contribution in [2.45, 2.75) is 12.8 Å². The lowest BCUT2D eigenvalue weighted by Crippen LogP contribution is -2.13. The molecule has 2 aliphatic rings. The average Bonchev–Trinajstić information content (AvgIpc) is 3.29. The first kappa shape index (κ1) is 19.1. The Hall–Kier alpha value is -1.25. The number of unbranched alkanes of at least 4 members (excludes halogenated alkanes) is 1. The third-order valence-corrected chi connectivity index (χ3v) is 5.20. The Morgan fingerprint density at radius 3 is 2.33 bits per heavy atom. The van der Waals surface area contributed by atoms with Gasteiger partial charge in [0.2, 0.25) is 0 Å². The molecular weight excluding hydrogens is 348 g/mol. The number of esters is 1. The molecule has 0 radical (unpaired) electrons. The number of rotatable bonds is 11. The van der Waals surface area contributed by atoms with Gasteiger partial charge in [-0.25, -0.2) is 4.79 Å². The minimum absolute atomic E-state index is 0.159. The first-order chi connectivity index (χ1) is 11.7. The summed E-state index contributed by atoms with van der Waals surface area (Å²) in [5.74, 6) is 2.06. The third kappa shape index (κ3) is 6.33. The molecule has 6 nitrogen and oxygen atoms in total. The maximum absolute atomic E-state index is 11.8. The van der Waals surface area contributed by atoms with Gasteiger partial charge in [0.15, 0.2) is 6.79 Å². The van der Waals surface area contributed by atoms with Crippen LogP contribution in [-0.2, 0) is 19.0 Å². The SMILES string of the molecule is C=C(OCOCCCCOC(=O)C(=C)C1=NCCS1)C1=NCCS1. The molecular formula is C16H22N2O4S2. The van der Waals surface area contributed by atoms with E-state index >= 15 is 0 Å². The van der Waals surface area contributed by atoms with Gasteiger partial charge in [-0.3, -0.25) is 9.98 Å². The number of ether oxygens (including phenoxy) is 3. The summed E-state index contributed by atoms with van der Waals surface area (Å²) in [5.41, 5.74) is 0.355. The molecule has 0 aromatic carbocycles. The molecule has 2 aliphatic heterocycles. The summed E-state index contributed by atoms with van der Waals surface area (Å²) < 4.78 is 15.9. The van der Waals surface area contributed by atoms with E-state index in [1.165, 1.54) is 0 Å². The van der Waals surface area contributed by atoms with E-state index in [0.29, 0.717) is 29.6 Å². The van der Waals surface area contributed by atoms with Crippen LogP contribution in [0.15, 0.2) is 34.5 Å². The van der Waals surface area contributed by atoms with E-state index in [9.17, 15) is 4.79 Å². The van der Waals surface area contributed by atoms with Gasteiger partial charge in [-0.05, 0) is 12.8 Å². The molecule has 0 saturated heterocycles. The van der Waals surface area contributed by atoms with E-state index in [1.54, 1.807) is 23.5 Å². The predicted octanol–water partition coefficient (Wildman–Crippen LogP) is 2.66. The molecule has 0 N–H and O–H groups in total. The van der Waals surface area contributed by atoms with Gasteiger partial charge in [0.1, 0.15) is 15.8 Å². The zero-order chi connectivity index (χ0) is 17.2. The summed E-state index contributed by atoms with van der Waals surface area (Å²) in [7, 11) is 0. The second-order valence-electron chi connectivity index (χ2n) is 4.99. The fourth-order valence-corrected chi connectivity index (χ4v) is 3.49. The van der Waals surface area contributed by atoms with Crippen LogP contribution >= 0.6 is 23.5 Å². The molecule has 132 valence electrons. The van der Waals surface area contributed by atoms with Gasteiger partial charge in [0.05, 0.1) is 18.8 Å². The van der Waals surface area contributed by atoms with Gasteiger partial charge >= 0.3 is 5.97 Å². The molecule has 0 unspecified atom stereocenters. The molecule has 0 saturated carbocycles. The largest absolute Gasteiger partial charge is 0.465 e. The van der Waals surface area contributed by atoms with Crippen LogP contribution in [0.5, 0.6) is 0 Å². The van der Waals surface area contributed by atoms with Crippen molar-refractivity contribution in [3.05, 3.63) is 24.5 Å². The Bertz CT molecular complexity index is 546. The molecule has 0 aliphatic carbocycles. The summed E-state index contributed by atoms with van der Waals surface area (Å²) in [5, 5.41) is 1.56. The van der Waals surface area contributed by atoms with Crippen molar-refractivity contribution < 1.29 is 19.0 Å². The fourth-order valence-electron chi connectivity index (χ4n) is 1.90. The van der Waals surface area contributed by atoms with E-state index in [1.807, 2.05) is 0 Å².